The minimum Gasteiger partial charge on any atom is -0.326 e. The van der Waals surface area contributed by atoms with E-state index in [4.69, 9.17) is 5.73 Å². The number of rotatable bonds is 3. The van der Waals surface area contributed by atoms with Gasteiger partial charge < -0.3 is 11.1 Å². The zero-order chi connectivity index (χ0) is 11.4. The Hall–Kier alpha value is -0.900. The SMILES string of the molecule is Cc1ccc(CN2CCNCC2)cc1CN. The van der Waals surface area contributed by atoms with Crippen molar-refractivity contribution in [1.82, 2.24) is 10.2 Å². The maximum Gasteiger partial charge on any atom is 0.0234 e. The van der Waals surface area contributed by atoms with Crippen LogP contribution < -0.4 is 11.1 Å². The summed E-state index contributed by atoms with van der Waals surface area (Å²) in [5.74, 6) is 0. The molecule has 1 saturated heterocycles. The fourth-order valence-corrected chi connectivity index (χ4v) is 2.17. The van der Waals surface area contributed by atoms with Gasteiger partial charge in [-0.25, -0.2) is 0 Å². The summed E-state index contributed by atoms with van der Waals surface area (Å²) in [6, 6.07) is 6.65. The highest BCUT2D eigenvalue weighted by molar-refractivity contribution is 5.31. The summed E-state index contributed by atoms with van der Waals surface area (Å²) in [6.45, 7) is 8.32. The molecule has 1 heterocycles. The fourth-order valence-electron chi connectivity index (χ4n) is 2.17. The van der Waals surface area contributed by atoms with Gasteiger partial charge in [-0.2, -0.15) is 0 Å². The molecule has 3 heteroatoms. The largest absolute Gasteiger partial charge is 0.326 e. The van der Waals surface area contributed by atoms with E-state index < -0.39 is 0 Å². The van der Waals surface area contributed by atoms with Crippen molar-refractivity contribution in [1.29, 1.82) is 0 Å². The van der Waals surface area contributed by atoms with Crippen LogP contribution in [0.4, 0.5) is 0 Å². The highest BCUT2D eigenvalue weighted by Crippen LogP contribution is 2.12. The van der Waals surface area contributed by atoms with Crippen molar-refractivity contribution in [3.8, 4) is 0 Å². The predicted octanol–water partition coefficient (Wildman–Crippen LogP) is 0.859. The van der Waals surface area contributed by atoms with Gasteiger partial charge in [-0.1, -0.05) is 18.2 Å². The smallest absolute Gasteiger partial charge is 0.0234 e. The number of hydrogen-bond acceptors (Lipinski definition) is 3. The molecule has 3 N–H and O–H groups in total. The lowest BCUT2D eigenvalue weighted by Crippen LogP contribution is -2.42. The molecule has 2 rings (SSSR count). The van der Waals surface area contributed by atoms with Crippen LogP contribution in [-0.2, 0) is 13.1 Å². The van der Waals surface area contributed by atoms with Gasteiger partial charge in [0.1, 0.15) is 0 Å². The van der Waals surface area contributed by atoms with Crippen LogP contribution in [-0.4, -0.2) is 31.1 Å². The Morgan fingerprint density at radius 2 is 2.06 bits per heavy atom. The van der Waals surface area contributed by atoms with Crippen LogP contribution in [0, 0.1) is 6.92 Å². The number of hydrogen-bond donors (Lipinski definition) is 2. The first kappa shape index (κ1) is 11.6. The molecule has 1 aliphatic rings. The van der Waals surface area contributed by atoms with Crippen LogP contribution in [0.2, 0.25) is 0 Å². The van der Waals surface area contributed by atoms with Gasteiger partial charge in [0.15, 0.2) is 0 Å². The highest BCUT2D eigenvalue weighted by atomic mass is 15.2. The summed E-state index contributed by atoms with van der Waals surface area (Å²) in [5, 5.41) is 3.37. The van der Waals surface area contributed by atoms with Crippen LogP contribution in [0.1, 0.15) is 16.7 Å². The first-order chi connectivity index (χ1) is 7.79. The molecule has 3 nitrogen and oxygen atoms in total. The standard InChI is InChI=1S/C13H21N3/c1-11-2-3-12(8-13(11)9-14)10-16-6-4-15-5-7-16/h2-3,8,15H,4-7,9-10,14H2,1H3. The summed E-state index contributed by atoms with van der Waals surface area (Å²) in [6.07, 6.45) is 0. The van der Waals surface area contributed by atoms with Gasteiger partial charge >= 0.3 is 0 Å². The fraction of sp³-hybridized carbons (Fsp3) is 0.538. The second kappa shape index (κ2) is 5.43. The molecule has 0 spiro atoms. The normalized spacial score (nSPS) is 17.6. The Labute approximate surface area is 97.6 Å². The third kappa shape index (κ3) is 2.82. The van der Waals surface area contributed by atoms with Gasteiger partial charge in [-0.05, 0) is 23.6 Å². The number of benzene rings is 1. The topological polar surface area (TPSA) is 41.3 Å². The lowest BCUT2D eigenvalue weighted by molar-refractivity contribution is 0.233. The molecule has 0 aromatic heterocycles. The second-order valence-electron chi connectivity index (χ2n) is 4.49. The van der Waals surface area contributed by atoms with E-state index in [0.717, 1.165) is 32.7 Å². The molecule has 0 unspecified atom stereocenters. The number of nitrogens with two attached hydrogens (primary N) is 1. The van der Waals surface area contributed by atoms with Crippen molar-refractivity contribution in [2.45, 2.75) is 20.0 Å². The molecular formula is C13H21N3. The number of aryl methyl sites for hydroxylation is 1. The Kier molecular flexibility index (Phi) is 3.93. The first-order valence-electron chi connectivity index (χ1n) is 6.01. The molecule has 0 radical (unpaired) electrons. The molecule has 1 aliphatic heterocycles. The Morgan fingerprint density at radius 3 is 2.75 bits per heavy atom. The zero-order valence-corrected chi connectivity index (χ0v) is 10.00. The van der Waals surface area contributed by atoms with Crippen molar-refractivity contribution in [2.75, 3.05) is 26.2 Å². The van der Waals surface area contributed by atoms with Crippen molar-refractivity contribution in [2.24, 2.45) is 5.73 Å². The van der Waals surface area contributed by atoms with Crippen molar-refractivity contribution in [3.63, 3.8) is 0 Å². The maximum atomic E-state index is 5.73. The van der Waals surface area contributed by atoms with Crippen LogP contribution >= 0.6 is 0 Å². The Bertz CT molecular complexity index is 343. The van der Waals surface area contributed by atoms with Gasteiger partial charge in [0.05, 0.1) is 0 Å². The molecule has 0 atom stereocenters. The van der Waals surface area contributed by atoms with Gasteiger partial charge in [-0.15, -0.1) is 0 Å². The van der Waals surface area contributed by atoms with E-state index in [9.17, 15) is 0 Å². The lowest BCUT2D eigenvalue weighted by Gasteiger charge is -2.27. The predicted molar refractivity (Wildman–Crippen MR) is 67.2 cm³/mol. The van der Waals surface area contributed by atoms with Crippen molar-refractivity contribution >= 4 is 0 Å². The van der Waals surface area contributed by atoms with Crippen molar-refractivity contribution < 1.29 is 0 Å². The van der Waals surface area contributed by atoms with E-state index in [1.54, 1.807) is 0 Å². The number of piperazine rings is 1. The summed E-state index contributed by atoms with van der Waals surface area (Å²) < 4.78 is 0. The first-order valence-corrected chi connectivity index (χ1v) is 6.01. The average molecular weight is 219 g/mol. The molecule has 1 fully saturated rings. The Balaban J connectivity index is 2.03. The molecule has 1 aromatic rings. The molecular weight excluding hydrogens is 198 g/mol. The molecule has 1 aromatic carbocycles. The van der Waals surface area contributed by atoms with Crippen molar-refractivity contribution in [3.05, 3.63) is 34.9 Å². The maximum absolute atomic E-state index is 5.73. The molecule has 16 heavy (non-hydrogen) atoms. The van der Waals surface area contributed by atoms with Gasteiger partial charge in [0, 0.05) is 39.3 Å². The van der Waals surface area contributed by atoms with Gasteiger partial charge in [0.2, 0.25) is 0 Å². The van der Waals surface area contributed by atoms with Crippen LogP contribution in [0.25, 0.3) is 0 Å². The third-order valence-electron chi connectivity index (χ3n) is 3.25. The molecule has 0 aliphatic carbocycles. The zero-order valence-electron chi connectivity index (χ0n) is 10.00. The minimum absolute atomic E-state index is 0.640. The monoisotopic (exact) mass is 219 g/mol. The van der Waals surface area contributed by atoms with Gasteiger partial charge in [0.25, 0.3) is 0 Å². The van der Waals surface area contributed by atoms with Crippen LogP contribution in [0.15, 0.2) is 18.2 Å². The summed E-state index contributed by atoms with van der Waals surface area (Å²) in [4.78, 5) is 2.49. The molecule has 0 bridgehead atoms. The molecule has 88 valence electrons. The summed E-state index contributed by atoms with van der Waals surface area (Å²) in [7, 11) is 0. The minimum atomic E-state index is 0.640. The lowest BCUT2D eigenvalue weighted by atomic mass is 10.0. The number of nitrogens with zero attached hydrogens (tertiary/aromatic N) is 1. The van der Waals surface area contributed by atoms with E-state index in [2.05, 4.69) is 35.3 Å². The summed E-state index contributed by atoms with van der Waals surface area (Å²) >= 11 is 0. The van der Waals surface area contributed by atoms with E-state index in [1.807, 2.05) is 0 Å². The highest BCUT2D eigenvalue weighted by Gasteiger charge is 2.10. The molecule has 0 amide bonds. The van der Waals surface area contributed by atoms with E-state index in [0.29, 0.717) is 6.54 Å². The van der Waals surface area contributed by atoms with Gasteiger partial charge in [-0.3, -0.25) is 4.90 Å². The van der Waals surface area contributed by atoms with E-state index >= 15 is 0 Å². The Morgan fingerprint density at radius 1 is 1.31 bits per heavy atom. The quantitative estimate of drug-likeness (QED) is 0.792. The van der Waals surface area contributed by atoms with E-state index in [1.165, 1.54) is 16.7 Å². The number of nitrogens with one attached hydrogen (secondary N) is 1. The average Bonchev–Trinajstić information content (AvgIpc) is 2.33. The van der Waals surface area contributed by atoms with Crippen LogP contribution in [0.3, 0.4) is 0 Å². The molecule has 0 saturated carbocycles. The third-order valence-corrected chi connectivity index (χ3v) is 3.25. The second-order valence-corrected chi connectivity index (χ2v) is 4.49. The summed E-state index contributed by atoms with van der Waals surface area (Å²) in [5.41, 5.74) is 9.68. The van der Waals surface area contributed by atoms with Crippen LogP contribution in [0.5, 0.6) is 0 Å². The van der Waals surface area contributed by atoms with E-state index in [-0.39, 0.29) is 0 Å².